The summed E-state index contributed by atoms with van der Waals surface area (Å²) in [4.78, 5) is 16.6. The molecule has 0 aliphatic carbocycles. The summed E-state index contributed by atoms with van der Waals surface area (Å²) in [6.45, 7) is 5.97. The van der Waals surface area contributed by atoms with Gasteiger partial charge in [0.25, 0.3) is 0 Å². The molecule has 2 heterocycles. The molecule has 1 atom stereocenters. The first-order chi connectivity index (χ1) is 19.1. The maximum Gasteiger partial charge on any atom is 0.222 e. The van der Waals surface area contributed by atoms with Gasteiger partial charge in [0, 0.05) is 39.3 Å². The van der Waals surface area contributed by atoms with E-state index in [1.165, 1.54) is 5.56 Å². The van der Waals surface area contributed by atoms with E-state index < -0.39 is 0 Å². The van der Waals surface area contributed by atoms with Crippen molar-refractivity contribution in [3.05, 3.63) is 111 Å². The summed E-state index contributed by atoms with van der Waals surface area (Å²) in [5.41, 5.74) is 17.8. The molecule has 40 heavy (non-hydrogen) atoms. The molecule has 5 rings (SSSR count). The highest BCUT2D eigenvalue weighted by Gasteiger charge is 2.12. The van der Waals surface area contributed by atoms with Crippen molar-refractivity contribution in [3.63, 3.8) is 0 Å². The van der Waals surface area contributed by atoms with E-state index in [0.717, 1.165) is 27.9 Å². The number of benzene rings is 3. The SMILES string of the molecule is Cc1c(Cl)cccc1-c1cc(Cl)nc(N)n1.Cc1c(Cl)cccc1-c1cc(N[C@H](C)c2ccccc2)nc(N)n1. The molecule has 0 spiro atoms. The second-order valence-corrected chi connectivity index (χ2v) is 10.2. The van der Waals surface area contributed by atoms with Crippen molar-refractivity contribution >= 4 is 52.5 Å². The molecule has 0 aliphatic heterocycles. The van der Waals surface area contributed by atoms with Crippen LogP contribution in [0, 0.1) is 13.8 Å². The van der Waals surface area contributed by atoms with E-state index in [1.54, 1.807) is 6.07 Å². The molecule has 0 fully saturated rings. The number of rotatable bonds is 5. The number of nitrogens with two attached hydrogens (primary N) is 2. The molecule has 0 saturated carbocycles. The molecule has 5 N–H and O–H groups in total. The highest BCUT2D eigenvalue weighted by molar-refractivity contribution is 6.32. The van der Waals surface area contributed by atoms with E-state index >= 15 is 0 Å². The number of halogens is 3. The third kappa shape index (κ3) is 7.18. The van der Waals surface area contributed by atoms with Crippen molar-refractivity contribution in [1.29, 1.82) is 0 Å². The molecule has 0 saturated heterocycles. The predicted molar refractivity (Wildman–Crippen MR) is 167 cm³/mol. The average Bonchev–Trinajstić information content (AvgIpc) is 2.92. The Morgan fingerprint density at radius 2 is 1.18 bits per heavy atom. The molecule has 0 unspecified atom stereocenters. The second-order valence-electron chi connectivity index (χ2n) is 9.03. The Bertz CT molecular complexity index is 1610. The normalized spacial score (nSPS) is 11.3. The minimum atomic E-state index is 0.105. The van der Waals surface area contributed by atoms with E-state index in [-0.39, 0.29) is 17.9 Å². The lowest BCUT2D eigenvalue weighted by molar-refractivity contribution is 0.873. The van der Waals surface area contributed by atoms with Gasteiger partial charge in [0.15, 0.2) is 0 Å². The molecule has 0 radical (unpaired) electrons. The Labute approximate surface area is 248 Å². The summed E-state index contributed by atoms with van der Waals surface area (Å²) in [6, 6.07) is 25.2. The molecule has 0 aliphatic rings. The van der Waals surface area contributed by atoms with Crippen LogP contribution in [0.25, 0.3) is 22.5 Å². The van der Waals surface area contributed by atoms with E-state index in [1.807, 2.05) is 74.5 Å². The van der Waals surface area contributed by atoms with Crippen LogP contribution in [0.5, 0.6) is 0 Å². The van der Waals surface area contributed by atoms with Crippen molar-refractivity contribution in [2.75, 3.05) is 16.8 Å². The Morgan fingerprint density at radius 3 is 1.73 bits per heavy atom. The first-order valence-corrected chi connectivity index (χ1v) is 13.5. The number of hydrogen-bond acceptors (Lipinski definition) is 7. The number of anilines is 3. The van der Waals surface area contributed by atoms with E-state index in [4.69, 9.17) is 46.3 Å². The highest BCUT2D eigenvalue weighted by atomic mass is 35.5. The van der Waals surface area contributed by atoms with Crippen LogP contribution in [-0.2, 0) is 0 Å². The van der Waals surface area contributed by atoms with Crippen LogP contribution in [0.4, 0.5) is 17.7 Å². The van der Waals surface area contributed by atoms with Crippen LogP contribution < -0.4 is 16.8 Å². The zero-order chi connectivity index (χ0) is 28.8. The zero-order valence-corrected chi connectivity index (χ0v) is 24.4. The number of aromatic nitrogens is 4. The van der Waals surface area contributed by atoms with Crippen LogP contribution in [0.15, 0.2) is 78.9 Å². The molecule has 3 aromatic carbocycles. The summed E-state index contributed by atoms with van der Waals surface area (Å²) in [6.07, 6.45) is 0. The smallest absolute Gasteiger partial charge is 0.222 e. The van der Waals surface area contributed by atoms with E-state index in [0.29, 0.717) is 26.7 Å². The highest BCUT2D eigenvalue weighted by Crippen LogP contribution is 2.30. The molecule has 5 aromatic rings. The van der Waals surface area contributed by atoms with Gasteiger partial charge in [-0.15, -0.1) is 0 Å². The molecule has 7 nitrogen and oxygen atoms in total. The third-order valence-electron chi connectivity index (χ3n) is 6.21. The second kappa shape index (κ2) is 13.0. The van der Waals surface area contributed by atoms with Crippen molar-refractivity contribution in [2.24, 2.45) is 0 Å². The molecule has 204 valence electrons. The Kier molecular flexibility index (Phi) is 9.42. The van der Waals surface area contributed by atoms with Gasteiger partial charge in [0.2, 0.25) is 11.9 Å². The van der Waals surface area contributed by atoms with Crippen molar-refractivity contribution < 1.29 is 0 Å². The topological polar surface area (TPSA) is 116 Å². The number of nitrogen functional groups attached to an aromatic ring is 2. The van der Waals surface area contributed by atoms with E-state index in [2.05, 4.69) is 44.3 Å². The summed E-state index contributed by atoms with van der Waals surface area (Å²) >= 11 is 18.1. The minimum absolute atomic E-state index is 0.105. The lowest BCUT2D eigenvalue weighted by Crippen LogP contribution is -2.09. The average molecular weight is 593 g/mol. The van der Waals surface area contributed by atoms with E-state index in [9.17, 15) is 0 Å². The molecular weight excluding hydrogens is 565 g/mol. The monoisotopic (exact) mass is 591 g/mol. The van der Waals surface area contributed by atoms with Crippen molar-refractivity contribution in [1.82, 2.24) is 19.9 Å². The zero-order valence-electron chi connectivity index (χ0n) is 22.2. The van der Waals surface area contributed by atoms with Crippen molar-refractivity contribution in [3.8, 4) is 22.5 Å². The van der Waals surface area contributed by atoms with Gasteiger partial charge in [-0.3, -0.25) is 0 Å². The number of nitrogens with one attached hydrogen (secondary N) is 1. The summed E-state index contributed by atoms with van der Waals surface area (Å²) in [5, 5.41) is 5.09. The Morgan fingerprint density at radius 1 is 0.650 bits per heavy atom. The van der Waals surface area contributed by atoms with Gasteiger partial charge in [-0.1, -0.05) is 89.4 Å². The fraction of sp³-hybridized carbons (Fsp3) is 0.133. The van der Waals surface area contributed by atoms with Gasteiger partial charge in [0.05, 0.1) is 11.4 Å². The lowest BCUT2D eigenvalue weighted by Gasteiger charge is -2.16. The molecule has 0 bridgehead atoms. The third-order valence-corrected chi connectivity index (χ3v) is 7.22. The maximum atomic E-state index is 6.22. The van der Waals surface area contributed by atoms with Gasteiger partial charge in [0.1, 0.15) is 11.0 Å². The Balaban J connectivity index is 0.000000201. The first kappa shape index (κ1) is 29.1. The summed E-state index contributed by atoms with van der Waals surface area (Å²) < 4.78 is 0. The minimum Gasteiger partial charge on any atom is -0.368 e. The molecule has 10 heteroatoms. The molecule has 0 amide bonds. The Hall–Kier alpha value is -3.91. The predicted octanol–water partition coefficient (Wildman–Crippen LogP) is 8.20. The van der Waals surface area contributed by atoms with Crippen LogP contribution in [0.1, 0.15) is 29.7 Å². The molecular formula is C30H28Cl3N7. The van der Waals surface area contributed by atoms with Crippen LogP contribution in [0.3, 0.4) is 0 Å². The van der Waals surface area contributed by atoms with Gasteiger partial charge < -0.3 is 16.8 Å². The van der Waals surface area contributed by atoms with Gasteiger partial charge in [-0.2, -0.15) is 4.98 Å². The van der Waals surface area contributed by atoms with Crippen molar-refractivity contribution in [2.45, 2.75) is 26.8 Å². The quantitative estimate of drug-likeness (QED) is 0.176. The van der Waals surface area contributed by atoms with Gasteiger partial charge in [-0.05, 0) is 49.6 Å². The maximum absolute atomic E-state index is 6.22. The lowest BCUT2D eigenvalue weighted by atomic mass is 10.1. The first-order valence-electron chi connectivity index (χ1n) is 12.4. The van der Waals surface area contributed by atoms with Crippen LogP contribution in [-0.4, -0.2) is 19.9 Å². The number of hydrogen-bond donors (Lipinski definition) is 3. The summed E-state index contributed by atoms with van der Waals surface area (Å²) in [7, 11) is 0. The fourth-order valence-corrected chi connectivity index (χ4v) is 4.61. The summed E-state index contributed by atoms with van der Waals surface area (Å²) in [5.74, 6) is 1.07. The largest absolute Gasteiger partial charge is 0.368 e. The fourth-order valence-electron chi connectivity index (χ4n) is 4.07. The molecule has 2 aromatic heterocycles. The van der Waals surface area contributed by atoms with Gasteiger partial charge in [-0.25, -0.2) is 15.0 Å². The van der Waals surface area contributed by atoms with Crippen LogP contribution >= 0.6 is 34.8 Å². The van der Waals surface area contributed by atoms with Gasteiger partial charge >= 0.3 is 0 Å². The standard InChI is InChI=1S/C19H19ClN4.C11H9Cl2N3/c1-12-15(9-6-10-16(12)20)17-11-18(24-19(21)23-17)22-13(2)14-7-4-3-5-8-14;1-6-7(3-2-4-8(6)12)9-5-10(13)16-11(14)15-9/h3-11,13H,1-2H3,(H3,21,22,23,24);2-5H,1H3,(H2,14,15,16)/t13-;/m1./s1. The van der Waals surface area contributed by atoms with Crippen LogP contribution in [0.2, 0.25) is 15.2 Å². The number of nitrogens with zero attached hydrogens (tertiary/aromatic N) is 4.